The highest BCUT2D eigenvalue weighted by Gasteiger charge is 2.35. The standard InChI is InChI=1S/C15H27N3O2S/c1-4-13-16-10-14(18-13)21(19,20)17-11-15(9-12(2)3)7-5-6-8-15/h10,12,17H,4-9,11H2,1-3H3,(H,16,18). The van der Waals surface area contributed by atoms with Crippen molar-refractivity contribution in [3.05, 3.63) is 12.0 Å². The van der Waals surface area contributed by atoms with Crippen LogP contribution in [0.25, 0.3) is 0 Å². The van der Waals surface area contributed by atoms with Crippen LogP contribution in [0.15, 0.2) is 11.2 Å². The van der Waals surface area contributed by atoms with Crippen LogP contribution in [-0.2, 0) is 16.4 Å². The molecular weight excluding hydrogens is 286 g/mol. The number of hydrogen-bond donors (Lipinski definition) is 2. The molecule has 0 aromatic carbocycles. The zero-order valence-electron chi connectivity index (χ0n) is 13.3. The van der Waals surface area contributed by atoms with Crippen molar-refractivity contribution < 1.29 is 8.42 Å². The summed E-state index contributed by atoms with van der Waals surface area (Å²) < 4.78 is 27.5. The van der Waals surface area contributed by atoms with E-state index in [1.807, 2.05) is 6.92 Å². The first-order valence-corrected chi connectivity index (χ1v) is 9.39. The van der Waals surface area contributed by atoms with Crippen molar-refractivity contribution in [1.29, 1.82) is 0 Å². The number of nitrogens with zero attached hydrogens (tertiary/aromatic N) is 1. The van der Waals surface area contributed by atoms with Gasteiger partial charge in [0.25, 0.3) is 10.0 Å². The summed E-state index contributed by atoms with van der Waals surface area (Å²) in [6, 6.07) is 0. The summed E-state index contributed by atoms with van der Waals surface area (Å²) in [6.07, 6.45) is 7.85. The molecule has 1 aliphatic rings. The first kappa shape index (κ1) is 16.5. The van der Waals surface area contributed by atoms with Gasteiger partial charge in [0.05, 0.1) is 6.20 Å². The predicted molar refractivity (Wildman–Crippen MR) is 83.5 cm³/mol. The van der Waals surface area contributed by atoms with Gasteiger partial charge in [0.1, 0.15) is 5.82 Å². The number of aryl methyl sites for hydroxylation is 1. The molecule has 1 heterocycles. The molecular formula is C15H27N3O2S. The minimum Gasteiger partial charge on any atom is -0.332 e. The highest BCUT2D eigenvalue weighted by Crippen LogP contribution is 2.42. The fourth-order valence-corrected chi connectivity index (χ4v) is 4.52. The predicted octanol–water partition coefficient (Wildman–Crippen LogP) is 2.86. The maximum atomic E-state index is 12.4. The Morgan fingerprint density at radius 3 is 2.57 bits per heavy atom. The maximum absolute atomic E-state index is 12.4. The Morgan fingerprint density at radius 1 is 1.38 bits per heavy atom. The molecule has 0 atom stereocenters. The molecule has 1 aromatic rings. The van der Waals surface area contributed by atoms with Gasteiger partial charge < -0.3 is 4.98 Å². The summed E-state index contributed by atoms with van der Waals surface area (Å²) in [6.45, 7) is 6.89. The van der Waals surface area contributed by atoms with Gasteiger partial charge in [-0.3, -0.25) is 0 Å². The van der Waals surface area contributed by atoms with E-state index in [0.29, 0.717) is 24.7 Å². The molecule has 2 rings (SSSR count). The zero-order chi connectivity index (χ0) is 15.5. The van der Waals surface area contributed by atoms with Crippen LogP contribution < -0.4 is 4.72 Å². The van der Waals surface area contributed by atoms with Crippen LogP contribution in [0.4, 0.5) is 0 Å². The number of rotatable bonds is 7. The van der Waals surface area contributed by atoms with Gasteiger partial charge in [-0.15, -0.1) is 0 Å². The third kappa shape index (κ3) is 4.07. The van der Waals surface area contributed by atoms with Gasteiger partial charge in [0.2, 0.25) is 0 Å². The molecule has 0 bridgehead atoms. The monoisotopic (exact) mass is 313 g/mol. The summed E-state index contributed by atoms with van der Waals surface area (Å²) in [7, 11) is -3.48. The van der Waals surface area contributed by atoms with Crippen LogP contribution in [0.1, 0.15) is 58.7 Å². The smallest absolute Gasteiger partial charge is 0.257 e. The Bertz CT molecular complexity index is 557. The number of imidazole rings is 1. The van der Waals surface area contributed by atoms with E-state index in [4.69, 9.17) is 0 Å². The molecule has 1 saturated carbocycles. The summed E-state index contributed by atoms with van der Waals surface area (Å²) >= 11 is 0. The highest BCUT2D eigenvalue weighted by atomic mass is 32.2. The van der Waals surface area contributed by atoms with Gasteiger partial charge in [-0.2, -0.15) is 0 Å². The van der Waals surface area contributed by atoms with Gasteiger partial charge in [-0.05, 0) is 30.6 Å². The molecule has 0 radical (unpaired) electrons. The van der Waals surface area contributed by atoms with Gasteiger partial charge in [-0.1, -0.05) is 33.6 Å². The van der Waals surface area contributed by atoms with Crippen LogP contribution >= 0.6 is 0 Å². The Morgan fingerprint density at radius 2 is 2.05 bits per heavy atom. The minimum absolute atomic E-state index is 0.134. The molecule has 21 heavy (non-hydrogen) atoms. The van der Waals surface area contributed by atoms with E-state index in [1.54, 1.807) is 0 Å². The Labute approximate surface area is 128 Å². The molecule has 0 aliphatic heterocycles. The molecule has 1 aliphatic carbocycles. The topological polar surface area (TPSA) is 74.8 Å². The number of H-pyrrole nitrogens is 1. The molecule has 120 valence electrons. The van der Waals surface area contributed by atoms with Crippen molar-refractivity contribution in [3.63, 3.8) is 0 Å². The van der Waals surface area contributed by atoms with Crippen molar-refractivity contribution in [3.8, 4) is 0 Å². The summed E-state index contributed by atoms with van der Waals surface area (Å²) in [5, 5.41) is 0.178. The molecule has 0 spiro atoms. The number of nitrogens with one attached hydrogen (secondary N) is 2. The van der Waals surface area contributed by atoms with Gasteiger partial charge >= 0.3 is 0 Å². The van der Waals surface area contributed by atoms with Gasteiger partial charge in [0, 0.05) is 13.0 Å². The molecule has 1 fully saturated rings. The van der Waals surface area contributed by atoms with Crippen LogP contribution in [0.2, 0.25) is 0 Å². The fourth-order valence-electron chi connectivity index (χ4n) is 3.43. The lowest BCUT2D eigenvalue weighted by Crippen LogP contribution is -2.37. The lowest BCUT2D eigenvalue weighted by molar-refractivity contribution is 0.236. The van der Waals surface area contributed by atoms with Crippen molar-refractivity contribution in [2.75, 3.05) is 6.54 Å². The molecule has 0 amide bonds. The first-order valence-electron chi connectivity index (χ1n) is 7.90. The Hall–Kier alpha value is -0.880. The minimum atomic E-state index is -3.48. The molecule has 1 aromatic heterocycles. The van der Waals surface area contributed by atoms with E-state index in [-0.39, 0.29) is 10.4 Å². The number of aromatic nitrogens is 2. The third-order valence-electron chi connectivity index (χ3n) is 4.37. The summed E-state index contributed by atoms with van der Waals surface area (Å²) in [5.41, 5.74) is 0.134. The van der Waals surface area contributed by atoms with Crippen molar-refractivity contribution >= 4 is 10.0 Å². The molecule has 6 heteroatoms. The zero-order valence-corrected chi connectivity index (χ0v) is 14.1. The quantitative estimate of drug-likeness (QED) is 0.813. The van der Waals surface area contributed by atoms with Gasteiger partial charge in [-0.25, -0.2) is 18.1 Å². The molecule has 2 N–H and O–H groups in total. The summed E-state index contributed by atoms with van der Waals surface area (Å²) in [5.74, 6) is 1.29. The molecule has 0 saturated heterocycles. The van der Waals surface area contributed by atoms with Crippen LogP contribution in [0, 0.1) is 11.3 Å². The van der Waals surface area contributed by atoms with Crippen molar-refractivity contribution in [1.82, 2.24) is 14.7 Å². The van der Waals surface area contributed by atoms with E-state index in [9.17, 15) is 8.42 Å². The second kappa shape index (κ2) is 6.48. The number of hydrogen-bond acceptors (Lipinski definition) is 3. The number of aromatic amines is 1. The average molecular weight is 313 g/mol. The van der Waals surface area contributed by atoms with Gasteiger partial charge in [0.15, 0.2) is 5.03 Å². The van der Waals surface area contributed by atoms with Crippen molar-refractivity contribution in [2.24, 2.45) is 11.3 Å². The highest BCUT2D eigenvalue weighted by molar-refractivity contribution is 7.89. The second-order valence-electron chi connectivity index (χ2n) is 6.68. The van der Waals surface area contributed by atoms with E-state index >= 15 is 0 Å². The van der Waals surface area contributed by atoms with Crippen molar-refractivity contribution in [2.45, 2.75) is 64.3 Å². The maximum Gasteiger partial charge on any atom is 0.257 e. The fraction of sp³-hybridized carbons (Fsp3) is 0.800. The SMILES string of the molecule is CCc1ncc(S(=O)(=O)NCC2(CC(C)C)CCCC2)[nH]1. The Balaban J connectivity index is 2.05. The average Bonchev–Trinajstić information content (AvgIpc) is 3.05. The van der Waals surface area contributed by atoms with E-state index < -0.39 is 10.0 Å². The largest absolute Gasteiger partial charge is 0.332 e. The van der Waals surface area contributed by atoms with Crippen LogP contribution in [0.5, 0.6) is 0 Å². The lowest BCUT2D eigenvalue weighted by atomic mass is 9.79. The lowest BCUT2D eigenvalue weighted by Gasteiger charge is -2.31. The third-order valence-corrected chi connectivity index (χ3v) is 5.68. The van der Waals surface area contributed by atoms with E-state index in [1.165, 1.54) is 19.0 Å². The van der Waals surface area contributed by atoms with E-state index in [0.717, 1.165) is 19.3 Å². The Kier molecular flexibility index (Phi) is 5.09. The number of sulfonamides is 1. The first-order chi connectivity index (χ1) is 9.87. The summed E-state index contributed by atoms with van der Waals surface area (Å²) in [4.78, 5) is 6.94. The van der Waals surface area contributed by atoms with Crippen LogP contribution in [-0.4, -0.2) is 24.9 Å². The molecule has 0 unspecified atom stereocenters. The van der Waals surface area contributed by atoms with Crippen LogP contribution in [0.3, 0.4) is 0 Å². The molecule has 5 nitrogen and oxygen atoms in total. The second-order valence-corrected chi connectivity index (χ2v) is 8.41. The normalized spacial score (nSPS) is 18.5. The van der Waals surface area contributed by atoms with E-state index in [2.05, 4.69) is 28.5 Å².